The van der Waals surface area contributed by atoms with Crippen LogP contribution in [0.4, 0.5) is 11.6 Å². The van der Waals surface area contributed by atoms with Crippen LogP contribution in [-0.2, 0) is 0 Å². The van der Waals surface area contributed by atoms with E-state index in [1.807, 2.05) is 42.5 Å². The first-order valence-electron chi connectivity index (χ1n) is 11.6. The number of carbonyl (C=O) groups excluding carboxylic acids is 1. The van der Waals surface area contributed by atoms with Crippen LogP contribution in [0.2, 0.25) is 0 Å². The number of pyridine rings is 1. The number of aromatic nitrogens is 4. The van der Waals surface area contributed by atoms with Gasteiger partial charge in [-0.05, 0) is 61.6 Å². The van der Waals surface area contributed by atoms with E-state index in [4.69, 9.17) is 4.74 Å². The normalized spacial score (nSPS) is 15.4. The Labute approximate surface area is 204 Å². The quantitative estimate of drug-likeness (QED) is 0.362. The van der Waals surface area contributed by atoms with Crippen molar-refractivity contribution in [3.05, 3.63) is 72.7 Å². The van der Waals surface area contributed by atoms with Crippen molar-refractivity contribution >= 4 is 28.4 Å². The molecule has 2 N–H and O–H groups in total. The van der Waals surface area contributed by atoms with Crippen molar-refractivity contribution in [1.29, 1.82) is 0 Å². The van der Waals surface area contributed by atoms with Gasteiger partial charge in [-0.2, -0.15) is 0 Å². The highest BCUT2D eigenvalue weighted by Gasteiger charge is 2.18. The average Bonchev–Trinajstić information content (AvgIpc) is 3.48. The van der Waals surface area contributed by atoms with E-state index in [0.717, 1.165) is 47.3 Å². The number of anilines is 2. The van der Waals surface area contributed by atoms with Gasteiger partial charge in [-0.15, -0.1) is 0 Å². The second kappa shape index (κ2) is 9.58. The molecule has 1 atom stereocenters. The van der Waals surface area contributed by atoms with Crippen molar-refractivity contribution in [2.24, 2.45) is 5.92 Å². The second-order valence-corrected chi connectivity index (χ2v) is 9.12. The number of ether oxygens (including phenoxy) is 1. The van der Waals surface area contributed by atoms with Crippen LogP contribution in [0.1, 0.15) is 29.8 Å². The minimum atomic E-state index is -0.0702. The predicted octanol–water partition coefficient (Wildman–Crippen LogP) is 5.20. The number of nitrogens with one attached hydrogen (secondary N) is 2. The van der Waals surface area contributed by atoms with Gasteiger partial charge < -0.3 is 19.9 Å². The van der Waals surface area contributed by atoms with Gasteiger partial charge >= 0.3 is 0 Å². The maximum absolute atomic E-state index is 12.2. The molecule has 3 aromatic heterocycles. The fourth-order valence-corrected chi connectivity index (χ4v) is 4.28. The number of benzene rings is 1. The molecule has 1 amide bonds. The molecule has 1 aliphatic rings. The zero-order valence-corrected chi connectivity index (χ0v) is 19.9. The van der Waals surface area contributed by atoms with E-state index in [0.29, 0.717) is 29.9 Å². The topological polar surface area (TPSA) is 96.0 Å². The molecule has 1 unspecified atom stereocenters. The molecule has 4 aromatic rings. The lowest BCUT2D eigenvalue weighted by molar-refractivity contribution is 0.0823. The van der Waals surface area contributed by atoms with Gasteiger partial charge in [0.2, 0.25) is 5.95 Å². The maximum Gasteiger partial charge on any atom is 0.269 e. The molecular weight excluding hydrogens is 440 g/mol. The summed E-state index contributed by atoms with van der Waals surface area (Å²) in [5.41, 5.74) is 4.99. The lowest BCUT2D eigenvalue weighted by Gasteiger charge is -2.12. The van der Waals surface area contributed by atoms with E-state index in [1.165, 1.54) is 5.57 Å². The zero-order valence-electron chi connectivity index (χ0n) is 19.9. The van der Waals surface area contributed by atoms with Gasteiger partial charge in [0.15, 0.2) is 0 Å². The summed E-state index contributed by atoms with van der Waals surface area (Å²) >= 11 is 0. The Morgan fingerprint density at radius 1 is 1.14 bits per heavy atom. The highest BCUT2D eigenvalue weighted by atomic mass is 16.5. The Morgan fingerprint density at radius 2 is 2.00 bits per heavy atom. The first kappa shape index (κ1) is 22.6. The van der Waals surface area contributed by atoms with Crippen LogP contribution >= 0.6 is 0 Å². The molecule has 178 valence electrons. The summed E-state index contributed by atoms with van der Waals surface area (Å²) in [6.07, 6.45) is 6.71. The van der Waals surface area contributed by atoms with E-state index in [2.05, 4.69) is 31.8 Å². The molecule has 35 heavy (non-hydrogen) atoms. The Morgan fingerprint density at radius 3 is 2.80 bits per heavy atom. The summed E-state index contributed by atoms with van der Waals surface area (Å²) in [6, 6.07) is 13.3. The lowest BCUT2D eigenvalue weighted by Crippen LogP contribution is -2.21. The van der Waals surface area contributed by atoms with Crippen LogP contribution < -0.4 is 10.1 Å². The van der Waals surface area contributed by atoms with Crippen molar-refractivity contribution in [3.8, 4) is 17.1 Å². The predicted molar refractivity (Wildman–Crippen MR) is 137 cm³/mol. The molecule has 1 saturated carbocycles. The fraction of sp³-hybridized carbons (Fsp3) is 0.259. The molecule has 0 saturated heterocycles. The Bertz CT molecular complexity index is 1390. The molecule has 8 heteroatoms. The third-order valence-corrected chi connectivity index (χ3v) is 6.13. The number of aromatic amines is 1. The highest BCUT2D eigenvalue weighted by Crippen LogP contribution is 2.30. The van der Waals surface area contributed by atoms with Gasteiger partial charge in [0.25, 0.3) is 5.91 Å². The van der Waals surface area contributed by atoms with Gasteiger partial charge in [0.05, 0.1) is 18.0 Å². The minimum absolute atomic E-state index is 0.0702. The van der Waals surface area contributed by atoms with E-state index >= 15 is 0 Å². The van der Waals surface area contributed by atoms with E-state index < -0.39 is 0 Å². The summed E-state index contributed by atoms with van der Waals surface area (Å²) in [7, 11) is 3.46. The number of carbonyl (C=O) groups is 1. The first-order valence-corrected chi connectivity index (χ1v) is 11.6. The summed E-state index contributed by atoms with van der Waals surface area (Å²) in [5, 5.41) is 4.17. The summed E-state index contributed by atoms with van der Waals surface area (Å²) in [5.74, 6) is 1.70. The number of allylic oxidation sites excluding steroid dienone is 1. The average molecular weight is 469 g/mol. The minimum Gasteiger partial charge on any atom is -0.493 e. The third kappa shape index (κ3) is 5.16. The third-order valence-electron chi connectivity index (χ3n) is 6.13. The number of nitrogens with zero attached hydrogens (tertiary/aromatic N) is 4. The van der Waals surface area contributed by atoms with Crippen LogP contribution in [0.3, 0.4) is 0 Å². The Kier molecular flexibility index (Phi) is 6.18. The van der Waals surface area contributed by atoms with Crippen LogP contribution in [0.5, 0.6) is 5.75 Å². The highest BCUT2D eigenvalue weighted by molar-refractivity contribution is 5.98. The molecule has 0 spiro atoms. The van der Waals surface area contributed by atoms with Gasteiger partial charge in [-0.1, -0.05) is 12.2 Å². The van der Waals surface area contributed by atoms with Crippen LogP contribution in [-0.4, -0.2) is 51.4 Å². The van der Waals surface area contributed by atoms with Crippen LogP contribution in [0, 0.1) is 5.92 Å². The number of hydrogen-bond donors (Lipinski definition) is 2. The maximum atomic E-state index is 12.2. The molecule has 1 fully saturated rings. The molecule has 5 rings (SSSR count). The number of H-pyrrole nitrogens is 1. The Balaban J connectivity index is 1.30. The standard InChI is InChI=1S/C27H28N6O2/c1-17-4-5-18(12-17)16-35-21-8-10-28-24(15-21)23-9-11-29-27(32-23)30-20-6-7-22-19(13-20)14-25(31-22)26(34)33(2)3/h6-11,13-15,18,31H,1,4-5,12,16H2,2-3H3,(H,29,30,32). The fourth-order valence-electron chi connectivity index (χ4n) is 4.28. The molecule has 1 aliphatic carbocycles. The molecule has 3 heterocycles. The van der Waals surface area contributed by atoms with Gasteiger partial charge in [0, 0.05) is 49.1 Å². The monoisotopic (exact) mass is 468 g/mol. The van der Waals surface area contributed by atoms with Crippen molar-refractivity contribution in [1.82, 2.24) is 24.8 Å². The Hall–Kier alpha value is -4.20. The van der Waals surface area contributed by atoms with Crippen molar-refractivity contribution in [2.75, 3.05) is 26.0 Å². The molecule has 0 aliphatic heterocycles. The lowest BCUT2D eigenvalue weighted by atomic mass is 10.1. The van der Waals surface area contributed by atoms with Crippen molar-refractivity contribution in [2.45, 2.75) is 19.3 Å². The summed E-state index contributed by atoms with van der Waals surface area (Å²) < 4.78 is 6.03. The van der Waals surface area contributed by atoms with Crippen LogP contribution in [0.15, 0.2) is 67.0 Å². The molecule has 1 aromatic carbocycles. The van der Waals surface area contributed by atoms with E-state index in [1.54, 1.807) is 31.4 Å². The second-order valence-electron chi connectivity index (χ2n) is 9.12. The van der Waals surface area contributed by atoms with Gasteiger partial charge in [0.1, 0.15) is 11.4 Å². The van der Waals surface area contributed by atoms with Crippen molar-refractivity contribution in [3.63, 3.8) is 0 Å². The van der Waals surface area contributed by atoms with Crippen molar-refractivity contribution < 1.29 is 9.53 Å². The van der Waals surface area contributed by atoms with E-state index in [-0.39, 0.29) is 5.91 Å². The number of hydrogen-bond acceptors (Lipinski definition) is 6. The molecule has 8 nitrogen and oxygen atoms in total. The smallest absolute Gasteiger partial charge is 0.269 e. The summed E-state index contributed by atoms with van der Waals surface area (Å²) in [6.45, 7) is 4.76. The first-order chi connectivity index (χ1) is 16.9. The van der Waals surface area contributed by atoms with Gasteiger partial charge in [-0.25, -0.2) is 9.97 Å². The SMILES string of the molecule is C=C1CCC(COc2ccnc(-c3ccnc(Nc4ccc5[nH]c(C(=O)N(C)C)cc5c4)n3)c2)C1. The number of rotatable bonds is 7. The molecule has 0 bridgehead atoms. The number of fused-ring (bicyclic) bond motifs is 1. The largest absolute Gasteiger partial charge is 0.493 e. The molecular formula is C27H28N6O2. The number of amides is 1. The summed E-state index contributed by atoms with van der Waals surface area (Å²) in [4.78, 5) is 30.4. The molecule has 0 radical (unpaired) electrons. The van der Waals surface area contributed by atoms with E-state index in [9.17, 15) is 4.79 Å². The zero-order chi connectivity index (χ0) is 24.4. The van der Waals surface area contributed by atoms with Gasteiger partial charge in [-0.3, -0.25) is 9.78 Å². The van der Waals surface area contributed by atoms with Crippen LogP contribution in [0.25, 0.3) is 22.3 Å².